The number of carbonyl (C=O) groups excluding carboxylic acids is 2. The molecule has 0 radical (unpaired) electrons. The number of anilines is 1. The molecule has 0 bridgehead atoms. The highest BCUT2D eigenvalue weighted by Crippen LogP contribution is 2.24. The number of hydrogen-bond acceptors (Lipinski definition) is 6. The number of halogens is 1. The third-order valence-electron chi connectivity index (χ3n) is 5.61. The summed E-state index contributed by atoms with van der Waals surface area (Å²) < 4.78 is 0. The molecule has 1 aliphatic heterocycles. The van der Waals surface area contributed by atoms with Crippen molar-refractivity contribution in [3.63, 3.8) is 0 Å². The largest absolute Gasteiger partial charge is 0.355 e. The summed E-state index contributed by atoms with van der Waals surface area (Å²) in [7, 11) is 0. The minimum atomic E-state index is -0.0241. The lowest BCUT2D eigenvalue weighted by atomic mass is 10.1. The highest BCUT2D eigenvalue weighted by molar-refractivity contribution is 7.99. The molecule has 1 N–H and O–H groups in total. The molecular weight excluding hydrogens is 446 g/mol. The number of thioether (sulfide) groups is 1. The van der Waals surface area contributed by atoms with Crippen LogP contribution in [-0.2, 0) is 9.59 Å². The van der Waals surface area contributed by atoms with E-state index in [1.165, 1.54) is 31.0 Å². The van der Waals surface area contributed by atoms with Gasteiger partial charge in [0.2, 0.25) is 11.8 Å². The molecular formula is C23H38ClN5O2S. The lowest BCUT2D eigenvalue weighted by Crippen LogP contribution is -2.54. The molecule has 32 heavy (non-hydrogen) atoms. The Morgan fingerprint density at radius 3 is 2.59 bits per heavy atom. The van der Waals surface area contributed by atoms with Gasteiger partial charge in [-0.05, 0) is 19.8 Å². The summed E-state index contributed by atoms with van der Waals surface area (Å²) in [6, 6.07) is 1.87. The number of hydrogen-bond donors (Lipinski definition) is 1. The topological polar surface area (TPSA) is 78.4 Å². The SMILES string of the molecule is CCCCCCCC(=O)N1CCN(c2cc(Cl)nc(SCC(=O)NCCCC)n2)CC1C. The van der Waals surface area contributed by atoms with E-state index >= 15 is 0 Å². The maximum atomic E-state index is 12.7. The molecule has 1 atom stereocenters. The Kier molecular flexibility index (Phi) is 12.2. The standard InChI is InChI=1S/C23H38ClN5O2S/c1-4-6-8-9-10-11-22(31)29-14-13-28(16-18(29)3)20-15-19(24)26-23(27-20)32-17-21(30)25-12-7-5-2/h15,18H,4-14,16-17H2,1-3H3,(H,25,30). The van der Waals surface area contributed by atoms with Crippen LogP contribution in [-0.4, -0.2) is 64.7 Å². The fourth-order valence-corrected chi connectivity index (χ4v) is 4.67. The highest BCUT2D eigenvalue weighted by atomic mass is 35.5. The smallest absolute Gasteiger partial charge is 0.230 e. The molecule has 2 heterocycles. The van der Waals surface area contributed by atoms with E-state index in [1.807, 2.05) is 4.90 Å². The van der Waals surface area contributed by atoms with Gasteiger partial charge >= 0.3 is 0 Å². The first-order chi connectivity index (χ1) is 15.4. The Labute approximate surface area is 202 Å². The lowest BCUT2D eigenvalue weighted by Gasteiger charge is -2.40. The minimum absolute atomic E-state index is 0.0241. The van der Waals surface area contributed by atoms with Gasteiger partial charge in [-0.2, -0.15) is 0 Å². The maximum Gasteiger partial charge on any atom is 0.230 e. The predicted molar refractivity (Wildman–Crippen MR) is 132 cm³/mol. The van der Waals surface area contributed by atoms with Gasteiger partial charge in [0.1, 0.15) is 11.0 Å². The van der Waals surface area contributed by atoms with Gasteiger partial charge in [0.05, 0.1) is 5.75 Å². The van der Waals surface area contributed by atoms with Crippen molar-refractivity contribution in [1.82, 2.24) is 20.2 Å². The van der Waals surface area contributed by atoms with Crippen molar-refractivity contribution in [3.05, 3.63) is 11.2 Å². The van der Waals surface area contributed by atoms with Crippen LogP contribution in [0.15, 0.2) is 11.2 Å². The third kappa shape index (κ3) is 9.14. The molecule has 9 heteroatoms. The fraction of sp³-hybridized carbons (Fsp3) is 0.739. The minimum Gasteiger partial charge on any atom is -0.355 e. The molecule has 0 aliphatic carbocycles. The van der Waals surface area contributed by atoms with Crippen molar-refractivity contribution in [2.45, 2.75) is 83.3 Å². The first-order valence-electron chi connectivity index (χ1n) is 11.9. The van der Waals surface area contributed by atoms with Gasteiger partial charge in [0, 0.05) is 44.7 Å². The number of aromatic nitrogens is 2. The van der Waals surface area contributed by atoms with Gasteiger partial charge in [-0.15, -0.1) is 0 Å². The van der Waals surface area contributed by atoms with Crippen molar-refractivity contribution in [1.29, 1.82) is 0 Å². The summed E-state index contributed by atoms with van der Waals surface area (Å²) in [6.45, 7) is 9.16. The second-order valence-electron chi connectivity index (χ2n) is 8.37. The molecule has 1 aliphatic rings. The van der Waals surface area contributed by atoms with Crippen molar-refractivity contribution >= 4 is 41.0 Å². The summed E-state index contributed by atoms with van der Waals surface area (Å²) in [6.07, 6.45) is 8.42. The molecule has 0 aromatic carbocycles. The van der Waals surface area contributed by atoms with E-state index in [9.17, 15) is 9.59 Å². The molecule has 180 valence electrons. The van der Waals surface area contributed by atoms with Crippen LogP contribution in [0.5, 0.6) is 0 Å². The van der Waals surface area contributed by atoms with Crippen LogP contribution in [0, 0.1) is 0 Å². The summed E-state index contributed by atoms with van der Waals surface area (Å²) in [5, 5.41) is 3.76. The van der Waals surface area contributed by atoms with Crippen LogP contribution in [0.1, 0.15) is 72.1 Å². The Morgan fingerprint density at radius 2 is 1.88 bits per heavy atom. The van der Waals surface area contributed by atoms with Gasteiger partial charge in [0.15, 0.2) is 5.16 Å². The predicted octanol–water partition coefficient (Wildman–Crippen LogP) is 4.54. The van der Waals surface area contributed by atoms with Crippen molar-refractivity contribution in [2.75, 3.05) is 36.8 Å². The van der Waals surface area contributed by atoms with Gasteiger partial charge in [-0.1, -0.05) is 69.3 Å². The molecule has 0 spiro atoms. The molecule has 2 amide bonds. The zero-order valence-electron chi connectivity index (χ0n) is 19.7. The molecule has 0 saturated carbocycles. The van der Waals surface area contributed by atoms with Crippen LogP contribution in [0.2, 0.25) is 5.15 Å². The lowest BCUT2D eigenvalue weighted by molar-refractivity contribution is -0.133. The average molecular weight is 484 g/mol. The Balaban J connectivity index is 1.86. The fourth-order valence-electron chi connectivity index (χ4n) is 3.76. The average Bonchev–Trinajstić information content (AvgIpc) is 2.77. The van der Waals surface area contributed by atoms with E-state index in [0.717, 1.165) is 31.5 Å². The molecule has 1 unspecified atom stereocenters. The Bertz CT molecular complexity index is 736. The number of piperazine rings is 1. The van der Waals surface area contributed by atoms with Crippen molar-refractivity contribution < 1.29 is 9.59 Å². The first kappa shape index (κ1) is 26.7. The maximum absolute atomic E-state index is 12.7. The molecule has 2 rings (SSSR count). The van der Waals surface area contributed by atoms with E-state index in [-0.39, 0.29) is 23.6 Å². The van der Waals surface area contributed by atoms with E-state index in [4.69, 9.17) is 11.6 Å². The number of nitrogens with one attached hydrogen (secondary N) is 1. The van der Waals surface area contributed by atoms with E-state index in [1.54, 1.807) is 6.07 Å². The molecule has 7 nitrogen and oxygen atoms in total. The number of carbonyl (C=O) groups is 2. The summed E-state index contributed by atoms with van der Waals surface area (Å²) >= 11 is 7.53. The molecule has 1 aromatic heterocycles. The molecule has 1 fully saturated rings. The zero-order chi connectivity index (χ0) is 23.3. The monoisotopic (exact) mass is 483 g/mol. The number of unbranched alkanes of at least 4 members (excludes halogenated alkanes) is 5. The zero-order valence-corrected chi connectivity index (χ0v) is 21.3. The van der Waals surface area contributed by atoms with E-state index < -0.39 is 0 Å². The van der Waals surface area contributed by atoms with Crippen LogP contribution >= 0.6 is 23.4 Å². The van der Waals surface area contributed by atoms with Crippen LogP contribution < -0.4 is 10.2 Å². The summed E-state index contributed by atoms with van der Waals surface area (Å²) in [5.41, 5.74) is 0. The third-order valence-corrected chi connectivity index (χ3v) is 6.65. The summed E-state index contributed by atoms with van der Waals surface area (Å²) in [4.78, 5) is 37.6. The second-order valence-corrected chi connectivity index (χ2v) is 9.70. The summed E-state index contributed by atoms with van der Waals surface area (Å²) in [5.74, 6) is 1.24. The number of amides is 2. The van der Waals surface area contributed by atoms with Crippen molar-refractivity contribution in [3.8, 4) is 0 Å². The Morgan fingerprint density at radius 1 is 1.12 bits per heavy atom. The van der Waals surface area contributed by atoms with Crippen LogP contribution in [0.4, 0.5) is 5.82 Å². The van der Waals surface area contributed by atoms with Gasteiger partial charge in [-0.3, -0.25) is 9.59 Å². The van der Waals surface area contributed by atoms with Gasteiger partial charge in [-0.25, -0.2) is 9.97 Å². The highest BCUT2D eigenvalue weighted by Gasteiger charge is 2.28. The quantitative estimate of drug-likeness (QED) is 0.192. The van der Waals surface area contributed by atoms with Gasteiger partial charge < -0.3 is 15.1 Å². The molecule has 1 saturated heterocycles. The van der Waals surface area contributed by atoms with Gasteiger partial charge in [0.25, 0.3) is 0 Å². The second kappa shape index (κ2) is 14.6. The number of rotatable bonds is 13. The van der Waals surface area contributed by atoms with Crippen molar-refractivity contribution in [2.24, 2.45) is 0 Å². The first-order valence-corrected chi connectivity index (χ1v) is 13.3. The van der Waals surface area contributed by atoms with E-state index in [0.29, 0.717) is 42.9 Å². The van der Waals surface area contributed by atoms with E-state index in [2.05, 4.69) is 41.0 Å². The Hall–Kier alpha value is -1.54. The van der Waals surface area contributed by atoms with Crippen LogP contribution in [0.25, 0.3) is 0 Å². The normalized spacial score (nSPS) is 16.3. The number of nitrogens with zero attached hydrogens (tertiary/aromatic N) is 4. The van der Waals surface area contributed by atoms with Crippen LogP contribution in [0.3, 0.4) is 0 Å². The molecule has 1 aromatic rings.